The van der Waals surface area contributed by atoms with Gasteiger partial charge in [0.2, 0.25) is 11.8 Å². The number of nitrogens with zero attached hydrogens (tertiary/aromatic N) is 2. The zero-order valence-electron chi connectivity index (χ0n) is 22.3. The quantitative estimate of drug-likeness (QED) is 0.399. The Morgan fingerprint density at radius 1 is 0.872 bits per heavy atom. The minimum atomic E-state index is -0.870. The van der Waals surface area contributed by atoms with Crippen LogP contribution in [0.4, 0.5) is 11.4 Å². The number of anilines is 2. The highest BCUT2D eigenvalue weighted by Crippen LogP contribution is 2.29. The van der Waals surface area contributed by atoms with Crippen LogP contribution in [0, 0.1) is 5.92 Å². The first kappa shape index (κ1) is 27.4. The molecular weight excluding hydrogens is 498 g/mol. The molecule has 0 saturated heterocycles. The first-order valence-corrected chi connectivity index (χ1v) is 12.6. The number of para-hydroxylation sites is 1. The number of carbonyl (C=O) groups is 4. The Hall–Kier alpha value is -4.66. The molecule has 3 aromatic rings. The molecule has 9 nitrogen and oxygen atoms in total. The minimum absolute atomic E-state index is 0.110. The number of nitrogens with one attached hydrogen (secondary N) is 1. The molecule has 0 fully saturated rings. The van der Waals surface area contributed by atoms with Crippen molar-refractivity contribution in [2.45, 2.75) is 26.4 Å². The fourth-order valence-corrected chi connectivity index (χ4v) is 4.60. The van der Waals surface area contributed by atoms with Crippen LogP contribution in [0.5, 0.6) is 11.5 Å². The van der Waals surface area contributed by atoms with E-state index in [9.17, 15) is 19.2 Å². The molecule has 202 valence electrons. The van der Waals surface area contributed by atoms with E-state index >= 15 is 0 Å². The van der Waals surface area contributed by atoms with E-state index in [0.717, 1.165) is 5.56 Å². The maximum atomic E-state index is 13.9. The van der Waals surface area contributed by atoms with Gasteiger partial charge in [-0.2, -0.15) is 0 Å². The Morgan fingerprint density at radius 3 is 2.05 bits per heavy atom. The van der Waals surface area contributed by atoms with Crippen LogP contribution in [0.25, 0.3) is 0 Å². The first-order valence-electron chi connectivity index (χ1n) is 12.6. The third kappa shape index (κ3) is 5.93. The summed E-state index contributed by atoms with van der Waals surface area (Å²) in [5.41, 5.74) is 1.97. The summed E-state index contributed by atoms with van der Waals surface area (Å²) in [6.07, 6.45) is 0. The van der Waals surface area contributed by atoms with Gasteiger partial charge >= 0.3 is 0 Å². The van der Waals surface area contributed by atoms with Crippen LogP contribution in [0.3, 0.4) is 0 Å². The number of methoxy groups -OCH3 is 2. The van der Waals surface area contributed by atoms with Gasteiger partial charge in [0.25, 0.3) is 11.7 Å². The van der Waals surface area contributed by atoms with E-state index in [1.54, 1.807) is 74.9 Å². The number of Topliss-reactive ketones (excluding diaryl/α,β-unsaturated/α-hetero) is 1. The van der Waals surface area contributed by atoms with Crippen LogP contribution >= 0.6 is 0 Å². The molecule has 1 aliphatic heterocycles. The maximum absolute atomic E-state index is 13.9. The summed E-state index contributed by atoms with van der Waals surface area (Å²) >= 11 is 0. The Balaban J connectivity index is 1.65. The third-order valence-electron chi connectivity index (χ3n) is 6.60. The molecule has 0 aliphatic carbocycles. The van der Waals surface area contributed by atoms with E-state index in [4.69, 9.17) is 9.47 Å². The van der Waals surface area contributed by atoms with Crippen molar-refractivity contribution in [2.75, 3.05) is 31.0 Å². The SMILES string of the molecule is COc1ccc(CN(C(=O)CN2C(=O)C(=O)c3ccccc32)[C@H](C(=O)Nc2ccc(OC)cc2)C(C)C)cc1. The Labute approximate surface area is 227 Å². The molecule has 0 unspecified atom stereocenters. The van der Waals surface area contributed by atoms with Gasteiger partial charge in [-0.25, -0.2) is 0 Å². The van der Waals surface area contributed by atoms with Crippen molar-refractivity contribution in [1.82, 2.24) is 4.90 Å². The molecule has 0 bridgehead atoms. The molecule has 3 aromatic carbocycles. The van der Waals surface area contributed by atoms with Gasteiger partial charge in [-0.1, -0.05) is 38.1 Å². The van der Waals surface area contributed by atoms with Crippen molar-refractivity contribution in [3.05, 3.63) is 83.9 Å². The number of fused-ring (bicyclic) bond motifs is 1. The highest BCUT2D eigenvalue weighted by molar-refractivity contribution is 6.52. The number of rotatable bonds is 10. The van der Waals surface area contributed by atoms with E-state index in [0.29, 0.717) is 22.9 Å². The molecule has 0 spiro atoms. The second-order valence-electron chi connectivity index (χ2n) is 9.51. The minimum Gasteiger partial charge on any atom is -0.497 e. The molecule has 9 heteroatoms. The second kappa shape index (κ2) is 11.8. The lowest BCUT2D eigenvalue weighted by molar-refractivity contribution is -0.140. The largest absolute Gasteiger partial charge is 0.497 e. The van der Waals surface area contributed by atoms with Crippen molar-refractivity contribution in [3.8, 4) is 11.5 Å². The average molecular weight is 530 g/mol. The zero-order chi connectivity index (χ0) is 28.1. The molecule has 3 amide bonds. The fourth-order valence-electron chi connectivity index (χ4n) is 4.60. The van der Waals surface area contributed by atoms with Gasteiger partial charge in [0.15, 0.2) is 0 Å². The average Bonchev–Trinajstić information content (AvgIpc) is 3.18. The molecule has 1 heterocycles. The molecule has 39 heavy (non-hydrogen) atoms. The lowest BCUT2D eigenvalue weighted by Crippen LogP contribution is -2.53. The van der Waals surface area contributed by atoms with E-state index in [1.807, 2.05) is 26.0 Å². The van der Waals surface area contributed by atoms with Crippen molar-refractivity contribution in [1.29, 1.82) is 0 Å². The smallest absolute Gasteiger partial charge is 0.299 e. The molecule has 0 saturated carbocycles. The van der Waals surface area contributed by atoms with Gasteiger partial charge < -0.3 is 19.7 Å². The number of ether oxygens (including phenoxy) is 2. The van der Waals surface area contributed by atoms with Crippen LogP contribution in [0.2, 0.25) is 0 Å². The Morgan fingerprint density at radius 2 is 1.46 bits per heavy atom. The number of hydrogen-bond acceptors (Lipinski definition) is 6. The predicted octanol–water partition coefficient (Wildman–Crippen LogP) is 3.93. The lowest BCUT2D eigenvalue weighted by atomic mass is 10.00. The molecule has 1 atom stereocenters. The second-order valence-corrected chi connectivity index (χ2v) is 9.51. The normalized spacial score (nSPS) is 13.2. The monoisotopic (exact) mass is 529 g/mol. The third-order valence-corrected chi connectivity index (χ3v) is 6.60. The standard InChI is InChI=1S/C30H31N3O6/c1-19(2)27(29(36)31-21-11-15-23(39-4)16-12-21)33(17-20-9-13-22(38-3)14-10-20)26(34)18-32-25-8-6-5-7-24(25)28(35)30(32)37/h5-16,19,27H,17-18H2,1-4H3,(H,31,36)/t27-/m0/s1. The summed E-state index contributed by atoms with van der Waals surface area (Å²) < 4.78 is 10.4. The van der Waals surface area contributed by atoms with Crippen LogP contribution < -0.4 is 19.7 Å². The maximum Gasteiger partial charge on any atom is 0.299 e. The molecule has 4 rings (SSSR count). The Kier molecular flexibility index (Phi) is 8.29. The van der Waals surface area contributed by atoms with Crippen molar-refractivity contribution < 1.29 is 28.7 Å². The van der Waals surface area contributed by atoms with Crippen LogP contribution in [0.1, 0.15) is 29.8 Å². The van der Waals surface area contributed by atoms with Gasteiger partial charge in [-0.05, 0) is 60.0 Å². The zero-order valence-corrected chi connectivity index (χ0v) is 22.3. The van der Waals surface area contributed by atoms with Gasteiger partial charge in [0, 0.05) is 12.2 Å². The van der Waals surface area contributed by atoms with Crippen LogP contribution in [-0.2, 0) is 20.9 Å². The number of amides is 3. The summed E-state index contributed by atoms with van der Waals surface area (Å²) in [5.74, 6) is -1.22. The molecular formula is C30H31N3O6. The van der Waals surface area contributed by atoms with Crippen molar-refractivity contribution in [3.63, 3.8) is 0 Å². The van der Waals surface area contributed by atoms with E-state index in [2.05, 4.69) is 5.32 Å². The molecule has 0 radical (unpaired) electrons. The van der Waals surface area contributed by atoms with Crippen LogP contribution in [0.15, 0.2) is 72.8 Å². The number of carbonyl (C=O) groups excluding carboxylic acids is 4. The summed E-state index contributed by atoms with van der Waals surface area (Å²) in [5, 5.41) is 2.90. The predicted molar refractivity (Wildman–Crippen MR) is 147 cm³/mol. The van der Waals surface area contributed by atoms with Gasteiger partial charge in [0.1, 0.15) is 24.1 Å². The van der Waals surface area contributed by atoms with Gasteiger partial charge in [-0.3, -0.25) is 24.1 Å². The van der Waals surface area contributed by atoms with E-state index < -0.39 is 23.6 Å². The topological polar surface area (TPSA) is 105 Å². The lowest BCUT2D eigenvalue weighted by Gasteiger charge is -2.34. The molecule has 1 aliphatic rings. The molecule has 0 aromatic heterocycles. The molecule has 1 N–H and O–H groups in total. The number of benzene rings is 3. The summed E-state index contributed by atoms with van der Waals surface area (Å²) in [6, 6.07) is 19.8. The summed E-state index contributed by atoms with van der Waals surface area (Å²) in [6.45, 7) is 3.44. The number of ketones is 1. The fraction of sp³-hybridized carbons (Fsp3) is 0.267. The van der Waals surface area contributed by atoms with Gasteiger partial charge in [-0.15, -0.1) is 0 Å². The van der Waals surface area contributed by atoms with Crippen LogP contribution in [-0.4, -0.2) is 55.2 Å². The van der Waals surface area contributed by atoms with Crippen molar-refractivity contribution in [2.24, 2.45) is 5.92 Å². The number of hydrogen-bond donors (Lipinski definition) is 1. The van der Waals surface area contributed by atoms with Crippen molar-refractivity contribution >= 4 is 34.9 Å². The van der Waals surface area contributed by atoms with E-state index in [-0.39, 0.29) is 30.5 Å². The van der Waals surface area contributed by atoms with E-state index in [1.165, 1.54) is 9.80 Å². The van der Waals surface area contributed by atoms with Gasteiger partial charge in [0.05, 0.1) is 25.5 Å². The highest BCUT2D eigenvalue weighted by atomic mass is 16.5. The summed E-state index contributed by atoms with van der Waals surface area (Å²) in [7, 11) is 3.12. The Bertz CT molecular complexity index is 1370. The first-order chi connectivity index (χ1) is 18.7. The highest BCUT2D eigenvalue weighted by Gasteiger charge is 2.39. The summed E-state index contributed by atoms with van der Waals surface area (Å²) in [4.78, 5) is 55.4.